The van der Waals surface area contributed by atoms with Gasteiger partial charge in [0.25, 0.3) is 0 Å². The fourth-order valence-corrected chi connectivity index (χ4v) is 3.20. The molecule has 0 amide bonds. The van der Waals surface area contributed by atoms with Crippen molar-refractivity contribution in [3.63, 3.8) is 0 Å². The molecule has 0 spiro atoms. The molecule has 0 bridgehead atoms. The van der Waals surface area contributed by atoms with E-state index in [4.69, 9.17) is 0 Å². The van der Waals surface area contributed by atoms with Crippen LogP contribution in [0, 0.1) is 0 Å². The van der Waals surface area contributed by atoms with E-state index in [1.807, 2.05) is 0 Å². The van der Waals surface area contributed by atoms with Crippen LogP contribution in [0.1, 0.15) is 12.5 Å². The smallest absolute Gasteiger partial charge is 0.0207 e. The summed E-state index contributed by atoms with van der Waals surface area (Å²) in [5.41, 5.74) is 1.35. The van der Waals surface area contributed by atoms with Gasteiger partial charge in [0, 0.05) is 18.7 Å². The molecule has 2 aromatic carbocycles. The van der Waals surface area contributed by atoms with Gasteiger partial charge in [-0.1, -0.05) is 50.5 Å². The molecule has 0 radical (unpaired) electrons. The van der Waals surface area contributed by atoms with Crippen LogP contribution in [0.15, 0.2) is 61.2 Å². The van der Waals surface area contributed by atoms with Crippen LogP contribution in [0.3, 0.4) is 0 Å². The average molecular weight is 372 g/mol. The van der Waals surface area contributed by atoms with Gasteiger partial charge in [-0.3, -0.25) is 0 Å². The van der Waals surface area contributed by atoms with Crippen LogP contribution in [0.25, 0.3) is 0 Å². The molecule has 0 aromatic heterocycles. The third-order valence-electron chi connectivity index (χ3n) is 2.45. The van der Waals surface area contributed by atoms with Crippen molar-refractivity contribution in [3.05, 3.63) is 57.0 Å². The molecular formula is C14H12Br2S. The Morgan fingerprint density at radius 2 is 1.59 bits per heavy atom. The normalized spacial score (nSPS) is 10.5. The van der Waals surface area contributed by atoms with Crippen molar-refractivity contribution in [3.8, 4) is 0 Å². The van der Waals surface area contributed by atoms with Crippen molar-refractivity contribution in [2.75, 3.05) is 0 Å². The number of hydrogen-bond acceptors (Lipinski definition) is 1. The minimum Gasteiger partial charge on any atom is -0.0901 e. The summed E-state index contributed by atoms with van der Waals surface area (Å²) in [5, 5.41) is 0. The molecule has 0 saturated carbocycles. The Kier molecular flexibility index (Phi) is 4.71. The highest BCUT2D eigenvalue weighted by atomic mass is 79.9. The highest BCUT2D eigenvalue weighted by Gasteiger charge is 2.02. The first-order chi connectivity index (χ1) is 8.19. The SMILES string of the molecule is CCc1cc(Sc2ccc(Br)cc2)ccc1Br. The Morgan fingerprint density at radius 3 is 2.24 bits per heavy atom. The van der Waals surface area contributed by atoms with Gasteiger partial charge in [0.1, 0.15) is 0 Å². The summed E-state index contributed by atoms with van der Waals surface area (Å²) < 4.78 is 2.31. The number of aryl methyl sites for hydroxylation is 1. The van der Waals surface area contributed by atoms with E-state index < -0.39 is 0 Å². The molecule has 88 valence electrons. The summed E-state index contributed by atoms with van der Waals surface area (Å²) in [5.74, 6) is 0. The summed E-state index contributed by atoms with van der Waals surface area (Å²) in [6.07, 6.45) is 1.05. The van der Waals surface area contributed by atoms with Gasteiger partial charge in [-0.05, 0) is 54.4 Å². The molecule has 0 atom stereocenters. The lowest BCUT2D eigenvalue weighted by Gasteiger charge is -2.06. The first-order valence-electron chi connectivity index (χ1n) is 5.41. The second kappa shape index (κ2) is 6.07. The molecule has 0 nitrogen and oxygen atoms in total. The lowest BCUT2D eigenvalue weighted by Crippen LogP contribution is -1.83. The Balaban J connectivity index is 2.21. The molecule has 2 aromatic rings. The summed E-state index contributed by atoms with van der Waals surface area (Å²) in [6, 6.07) is 14.9. The molecule has 0 saturated heterocycles. The van der Waals surface area contributed by atoms with Crippen molar-refractivity contribution < 1.29 is 0 Å². The number of benzene rings is 2. The fourth-order valence-electron chi connectivity index (χ4n) is 1.52. The molecule has 0 N–H and O–H groups in total. The lowest BCUT2D eigenvalue weighted by molar-refractivity contribution is 1.11. The molecule has 2 rings (SSSR count). The number of halogens is 2. The van der Waals surface area contributed by atoms with E-state index >= 15 is 0 Å². The molecule has 0 aliphatic rings. The summed E-state index contributed by atoms with van der Waals surface area (Å²) >= 11 is 8.81. The van der Waals surface area contributed by atoms with E-state index in [9.17, 15) is 0 Å². The zero-order valence-electron chi connectivity index (χ0n) is 9.41. The molecule has 0 fully saturated rings. The van der Waals surface area contributed by atoms with E-state index in [2.05, 4.69) is 81.2 Å². The van der Waals surface area contributed by atoms with Crippen molar-refractivity contribution >= 4 is 43.6 Å². The largest absolute Gasteiger partial charge is 0.0901 e. The van der Waals surface area contributed by atoms with Crippen LogP contribution in [0.5, 0.6) is 0 Å². The van der Waals surface area contributed by atoms with Crippen LogP contribution in [0.4, 0.5) is 0 Å². The first-order valence-corrected chi connectivity index (χ1v) is 7.81. The minimum atomic E-state index is 1.05. The van der Waals surface area contributed by atoms with E-state index in [0.717, 1.165) is 10.9 Å². The fraction of sp³-hybridized carbons (Fsp3) is 0.143. The third-order valence-corrected chi connectivity index (χ3v) is 4.75. The van der Waals surface area contributed by atoms with E-state index in [0.29, 0.717) is 0 Å². The second-order valence-electron chi connectivity index (χ2n) is 3.66. The van der Waals surface area contributed by atoms with Gasteiger partial charge in [0.2, 0.25) is 0 Å². The molecule has 17 heavy (non-hydrogen) atoms. The van der Waals surface area contributed by atoms with Gasteiger partial charge in [0.05, 0.1) is 0 Å². The summed E-state index contributed by atoms with van der Waals surface area (Å²) in [7, 11) is 0. The maximum absolute atomic E-state index is 3.57. The molecule has 0 unspecified atom stereocenters. The maximum Gasteiger partial charge on any atom is 0.0207 e. The monoisotopic (exact) mass is 370 g/mol. The Labute approximate surface area is 123 Å². The Hall–Kier alpha value is -0.250. The predicted octanol–water partition coefficient (Wildman–Crippen LogP) is 5.93. The molecule has 3 heteroatoms. The molecule has 0 aliphatic carbocycles. The van der Waals surface area contributed by atoms with E-state index in [1.165, 1.54) is 19.8 Å². The van der Waals surface area contributed by atoms with E-state index in [-0.39, 0.29) is 0 Å². The number of hydrogen-bond donors (Lipinski definition) is 0. The minimum absolute atomic E-state index is 1.05. The first kappa shape index (κ1) is 13.2. The van der Waals surface area contributed by atoms with Gasteiger partial charge >= 0.3 is 0 Å². The zero-order chi connectivity index (χ0) is 12.3. The highest BCUT2D eigenvalue weighted by Crippen LogP contribution is 2.31. The van der Waals surface area contributed by atoms with Crippen LogP contribution < -0.4 is 0 Å². The predicted molar refractivity (Wildman–Crippen MR) is 81.8 cm³/mol. The van der Waals surface area contributed by atoms with Gasteiger partial charge < -0.3 is 0 Å². The lowest BCUT2D eigenvalue weighted by atomic mass is 10.2. The quantitative estimate of drug-likeness (QED) is 0.644. The summed E-state index contributed by atoms with van der Waals surface area (Å²) in [4.78, 5) is 2.55. The van der Waals surface area contributed by atoms with Gasteiger partial charge in [-0.25, -0.2) is 0 Å². The zero-order valence-corrected chi connectivity index (χ0v) is 13.4. The molecule has 0 heterocycles. The van der Waals surface area contributed by atoms with Crippen LogP contribution in [-0.2, 0) is 6.42 Å². The average Bonchev–Trinajstić information content (AvgIpc) is 2.34. The number of rotatable bonds is 3. The Bertz CT molecular complexity index is 506. The van der Waals surface area contributed by atoms with Crippen molar-refractivity contribution in [2.45, 2.75) is 23.1 Å². The molecular weight excluding hydrogens is 360 g/mol. The van der Waals surface area contributed by atoms with Crippen LogP contribution in [-0.4, -0.2) is 0 Å². The maximum atomic E-state index is 3.57. The van der Waals surface area contributed by atoms with Crippen molar-refractivity contribution in [1.29, 1.82) is 0 Å². The van der Waals surface area contributed by atoms with Gasteiger partial charge in [-0.2, -0.15) is 0 Å². The Morgan fingerprint density at radius 1 is 0.941 bits per heavy atom. The molecule has 0 aliphatic heterocycles. The van der Waals surface area contributed by atoms with Gasteiger partial charge in [0.15, 0.2) is 0 Å². The standard InChI is InChI=1S/C14H12Br2S/c1-2-10-9-13(7-8-14(10)16)17-12-5-3-11(15)4-6-12/h3-9H,2H2,1H3. The van der Waals surface area contributed by atoms with Crippen LogP contribution in [0.2, 0.25) is 0 Å². The van der Waals surface area contributed by atoms with E-state index in [1.54, 1.807) is 11.8 Å². The third kappa shape index (κ3) is 3.60. The van der Waals surface area contributed by atoms with Gasteiger partial charge in [-0.15, -0.1) is 0 Å². The topological polar surface area (TPSA) is 0 Å². The van der Waals surface area contributed by atoms with Crippen molar-refractivity contribution in [2.24, 2.45) is 0 Å². The summed E-state index contributed by atoms with van der Waals surface area (Å²) in [6.45, 7) is 2.17. The highest BCUT2D eigenvalue weighted by molar-refractivity contribution is 9.10. The van der Waals surface area contributed by atoms with Crippen LogP contribution >= 0.6 is 43.6 Å². The second-order valence-corrected chi connectivity index (χ2v) is 6.58. The van der Waals surface area contributed by atoms with Crippen molar-refractivity contribution in [1.82, 2.24) is 0 Å².